The van der Waals surface area contributed by atoms with Crippen molar-refractivity contribution in [3.63, 3.8) is 0 Å². The van der Waals surface area contributed by atoms with Crippen LogP contribution in [0.5, 0.6) is 0 Å². The summed E-state index contributed by atoms with van der Waals surface area (Å²) in [5.41, 5.74) is 1.13. The Balaban J connectivity index is 1.73. The number of pyridine rings is 1. The van der Waals surface area contributed by atoms with Crippen LogP contribution in [0.25, 0.3) is 0 Å². The summed E-state index contributed by atoms with van der Waals surface area (Å²) in [6.45, 7) is 2.25. The minimum Gasteiger partial charge on any atom is -0.348 e. The second-order valence-corrected chi connectivity index (χ2v) is 6.98. The molecule has 3 rings (SSSR count). The zero-order chi connectivity index (χ0) is 16.9. The van der Waals surface area contributed by atoms with Crippen molar-refractivity contribution in [3.8, 4) is 0 Å². The fourth-order valence-electron chi connectivity index (χ4n) is 3.25. The zero-order valence-corrected chi connectivity index (χ0v) is 14.5. The quantitative estimate of drug-likeness (QED) is 0.907. The number of amides is 2. The molecule has 0 aromatic carbocycles. The Bertz CT molecular complexity index is 688. The van der Waals surface area contributed by atoms with E-state index in [1.807, 2.05) is 34.5 Å². The van der Waals surface area contributed by atoms with Crippen LogP contribution in [0.3, 0.4) is 0 Å². The molecule has 1 aliphatic rings. The number of hydrogen-bond donors (Lipinski definition) is 1. The standard InChI is InChI=1S/C18H21N3O2S/c1-13(22)20-15(17-5-3-11-24-17)12-18(23)21-10-2-4-16(21)14-6-8-19-9-7-14/h3,5-9,11,15-16H,2,4,10,12H2,1H3,(H,20,22)/t15-,16+/m0/s1. The number of hydrogen-bond acceptors (Lipinski definition) is 4. The molecule has 5 nitrogen and oxygen atoms in total. The van der Waals surface area contributed by atoms with Crippen molar-refractivity contribution in [1.82, 2.24) is 15.2 Å². The van der Waals surface area contributed by atoms with E-state index in [0.717, 1.165) is 29.8 Å². The Morgan fingerprint density at radius 2 is 2.17 bits per heavy atom. The molecule has 1 fully saturated rings. The lowest BCUT2D eigenvalue weighted by atomic mass is 10.1. The van der Waals surface area contributed by atoms with Crippen molar-refractivity contribution >= 4 is 23.2 Å². The summed E-state index contributed by atoms with van der Waals surface area (Å²) >= 11 is 1.56. The molecule has 0 unspecified atom stereocenters. The fraction of sp³-hybridized carbons (Fsp3) is 0.389. The van der Waals surface area contributed by atoms with Gasteiger partial charge in [0.2, 0.25) is 11.8 Å². The van der Waals surface area contributed by atoms with Crippen LogP contribution in [0, 0.1) is 0 Å². The molecular weight excluding hydrogens is 322 g/mol. The lowest BCUT2D eigenvalue weighted by molar-refractivity contribution is -0.133. The maximum absolute atomic E-state index is 12.9. The van der Waals surface area contributed by atoms with Gasteiger partial charge < -0.3 is 10.2 Å². The molecule has 6 heteroatoms. The summed E-state index contributed by atoms with van der Waals surface area (Å²) in [6, 6.07) is 7.70. The van der Waals surface area contributed by atoms with Crippen LogP contribution < -0.4 is 5.32 Å². The van der Waals surface area contributed by atoms with Gasteiger partial charge in [0, 0.05) is 30.7 Å². The average molecular weight is 343 g/mol. The first kappa shape index (κ1) is 16.6. The minimum atomic E-state index is -0.256. The van der Waals surface area contributed by atoms with Crippen molar-refractivity contribution in [2.75, 3.05) is 6.54 Å². The molecule has 1 aliphatic heterocycles. The van der Waals surface area contributed by atoms with Crippen LogP contribution >= 0.6 is 11.3 Å². The van der Waals surface area contributed by atoms with Crippen LogP contribution in [0.2, 0.25) is 0 Å². The second-order valence-electron chi connectivity index (χ2n) is 6.00. The van der Waals surface area contributed by atoms with E-state index in [0.29, 0.717) is 6.42 Å². The van der Waals surface area contributed by atoms with E-state index in [9.17, 15) is 9.59 Å². The Labute approximate surface area is 145 Å². The highest BCUT2D eigenvalue weighted by molar-refractivity contribution is 7.10. The molecule has 24 heavy (non-hydrogen) atoms. The molecule has 126 valence electrons. The number of carbonyl (C=O) groups is 2. The third-order valence-electron chi connectivity index (χ3n) is 4.31. The maximum atomic E-state index is 12.9. The molecule has 0 aliphatic carbocycles. The normalized spacial score (nSPS) is 18.4. The third kappa shape index (κ3) is 3.82. The molecular formula is C18H21N3O2S. The van der Waals surface area contributed by atoms with Crippen LogP contribution in [-0.4, -0.2) is 28.2 Å². The third-order valence-corrected chi connectivity index (χ3v) is 5.29. The van der Waals surface area contributed by atoms with Gasteiger partial charge in [-0.2, -0.15) is 0 Å². The summed E-state index contributed by atoms with van der Waals surface area (Å²) in [4.78, 5) is 31.4. The maximum Gasteiger partial charge on any atom is 0.225 e. The minimum absolute atomic E-state index is 0.0847. The van der Waals surface area contributed by atoms with E-state index in [2.05, 4.69) is 10.3 Å². The highest BCUT2D eigenvalue weighted by Crippen LogP contribution is 2.33. The van der Waals surface area contributed by atoms with E-state index in [1.165, 1.54) is 6.92 Å². The van der Waals surface area contributed by atoms with Gasteiger partial charge in [-0.1, -0.05) is 6.07 Å². The van der Waals surface area contributed by atoms with Crippen LogP contribution in [-0.2, 0) is 9.59 Å². The zero-order valence-electron chi connectivity index (χ0n) is 13.6. The van der Waals surface area contributed by atoms with Gasteiger partial charge in [0.15, 0.2) is 0 Å². The molecule has 0 radical (unpaired) electrons. The smallest absolute Gasteiger partial charge is 0.225 e. The predicted octanol–water partition coefficient (Wildman–Crippen LogP) is 3.07. The van der Waals surface area contributed by atoms with Crippen LogP contribution in [0.4, 0.5) is 0 Å². The lowest BCUT2D eigenvalue weighted by Gasteiger charge is -2.27. The first-order valence-corrected chi connectivity index (χ1v) is 9.03. The molecule has 3 heterocycles. The molecule has 0 spiro atoms. The highest BCUT2D eigenvalue weighted by Gasteiger charge is 2.31. The Morgan fingerprint density at radius 1 is 1.38 bits per heavy atom. The predicted molar refractivity (Wildman–Crippen MR) is 93.4 cm³/mol. The largest absolute Gasteiger partial charge is 0.348 e. The number of aromatic nitrogens is 1. The number of thiophene rings is 1. The van der Waals surface area contributed by atoms with E-state index < -0.39 is 0 Å². The Morgan fingerprint density at radius 3 is 2.83 bits per heavy atom. The molecule has 0 bridgehead atoms. The molecule has 1 N–H and O–H groups in total. The average Bonchev–Trinajstić information content (AvgIpc) is 3.26. The van der Waals surface area contributed by atoms with Gasteiger partial charge in [0.05, 0.1) is 18.5 Å². The highest BCUT2D eigenvalue weighted by atomic mass is 32.1. The summed E-state index contributed by atoms with van der Waals surface area (Å²) in [5, 5.41) is 4.87. The van der Waals surface area contributed by atoms with E-state index in [4.69, 9.17) is 0 Å². The van der Waals surface area contributed by atoms with Crippen molar-refractivity contribution in [2.45, 2.75) is 38.3 Å². The monoisotopic (exact) mass is 343 g/mol. The number of likely N-dealkylation sites (tertiary alicyclic amines) is 1. The van der Waals surface area contributed by atoms with Crippen LogP contribution in [0.1, 0.15) is 48.7 Å². The van der Waals surface area contributed by atoms with Gasteiger partial charge in [-0.05, 0) is 42.0 Å². The van der Waals surface area contributed by atoms with E-state index in [-0.39, 0.29) is 23.9 Å². The molecule has 2 aromatic heterocycles. The van der Waals surface area contributed by atoms with Gasteiger partial charge in [-0.3, -0.25) is 14.6 Å². The number of nitrogens with one attached hydrogen (secondary N) is 1. The van der Waals surface area contributed by atoms with Crippen LogP contribution in [0.15, 0.2) is 42.0 Å². The SMILES string of the molecule is CC(=O)N[C@@H](CC(=O)N1CCC[C@@H]1c1ccncc1)c1cccs1. The Hall–Kier alpha value is -2.21. The van der Waals surface area contributed by atoms with E-state index >= 15 is 0 Å². The van der Waals surface area contributed by atoms with Crippen molar-refractivity contribution in [2.24, 2.45) is 0 Å². The summed E-state index contributed by atoms with van der Waals surface area (Å²) in [7, 11) is 0. The van der Waals surface area contributed by atoms with Gasteiger partial charge in [-0.25, -0.2) is 0 Å². The molecule has 2 atom stereocenters. The number of nitrogens with zero attached hydrogens (tertiary/aromatic N) is 2. The number of carbonyl (C=O) groups excluding carboxylic acids is 2. The summed E-state index contributed by atoms with van der Waals surface area (Å²) in [5.74, 6) is -0.0326. The number of rotatable bonds is 5. The van der Waals surface area contributed by atoms with Gasteiger partial charge >= 0.3 is 0 Å². The molecule has 2 amide bonds. The molecule has 1 saturated heterocycles. The van der Waals surface area contributed by atoms with Gasteiger partial charge in [-0.15, -0.1) is 11.3 Å². The summed E-state index contributed by atoms with van der Waals surface area (Å²) in [6.07, 6.45) is 5.80. The van der Waals surface area contributed by atoms with E-state index in [1.54, 1.807) is 23.7 Å². The first-order valence-electron chi connectivity index (χ1n) is 8.15. The van der Waals surface area contributed by atoms with Crippen molar-refractivity contribution in [1.29, 1.82) is 0 Å². The molecule has 0 saturated carbocycles. The van der Waals surface area contributed by atoms with Gasteiger partial charge in [0.1, 0.15) is 0 Å². The first-order chi connectivity index (χ1) is 11.6. The van der Waals surface area contributed by atoms with Crippen molar-refractivity contribution < 1.29 is 9.59 Å². The topological polar surface area (TPSA) is 62.3 Å². The summed E-state index contributed by atoms with van der Waals surface area (Å²) < 4.78 is 0. The second kappa shape index (κ2) is 7.57. The van der Waals surface area contributed by atoms with Gasteiger partial charge in [0.25, 0.3) is 0 Å². The fourth-order valence-corrected chi connectivity index (χ4v) is 4.02. The lowest BCUT2D eigenvalue weighted by Crippen LogP contribution is -2.35. The van der Waals surface area contributed by atoms with Crippen molar-refractivity contribution in [3.05, 3.63) is 52.5 Å². The molecule has 2 aromatic rings. The Kier molecular flexibility index (Phi) is 5.25.